The van der Waals surface area contributed by atoms with Crippen molar-refractivity contribution in [1.29, 1.82) is 0 Å². The van der Waals surface area contributed by atoms with Crippen molar-refractivity contribution in [1.82, 2.24) is 14.8 Å². The maximum atomic E-state index is 4.41. The molecule has 0 unspecified atom stereocenters. The monoisotopic (exact) mass is 201 g/mol. The molecule has 2 heterocycles. The Bertz CT molecular complexity index is 471. The lowest BCUT2D eigenvalue weighted by molar-refractivity contribution is 0.775. The van der Waals surface area contributed by atoms with Crippen molar-refractivity contribution >= 4 is 0 Å². The third-order valence-corrected chi connectivity index (χ3v) is 2.69. The minimum atomic E-state index is 1.02. The van der Waals surface area contributed by atoms with Gasteiger partial charge in [0.15, 0.2) is 0 Å². The molecule has 3 heteroatoms. The summed E-state index contributed by atoms with van der Waals surface area (Å²) < 4.78 is 1.87. The van der Waals surface area contributed by atoms with E-state index in [1.807, 2.05) is 30.9 Å². The largest absolute Gasteiger partial charge is 0.268 e. The van der Waals surface area contributed by atoms with Crippen LogP contribution in [0.25, 0.3) is 11.3 Å². The first-order valence-corrected chi connectivity index (χ1v) is 5.16. The van der Waals surface area contributed by atoms with Crippen LogP contribution in [-0.2, 0) is 13.5 Å². The first-order chi connectivity index (χ1) is 7.22. The van der Waals surface area contributed by atoms with Crippen molar-refractivity contribution in [3.8, 4) is 11.3 Å². The Morgan fingerprint density at radius 1 is 1.40 bits per heavy atom. The smallest absolute Gasteiger partial charge is 0.0694 e. The summed E-state index contributed by atoms with van der Waals surface area (Å²) in [6.45, 7) is 4.20. The summed E-state index contributed by atoms with van der Waals surface area (Å²) in [7, 11) is 1.95. The van der Waals surface area contributed by atoms with Crippen LogP contribution in [0.2, 0.25) is 0 Å². The molecule has 0 bridgehead atoms. The lowest BCUT2D eigenvalue weighted by atomic mass is 10.1. The Morgan fingerprint density at radius 2 is 2.20 bits per heavy atom. The summed E-state index contributed by atoms with van der Waals surface area (Å²) in [6, 6.07) is 4.20. The van der Waals surface area contributed by atoms with Gasteiger partial charge in [-0.2, -0.15) is 5.10 Å². The Labute approximate surface area is 89.8 Å². The molecule has 2 aromatic rings. The van der Waals surface area contributed by atoms with Crippen LogP contribution in [0.15, 0.2) is 24.5 Å². The number of hydrogen-bond acceptors (Lipinski definition) is 2. The van der Waals surface area contributed by atoms with Crippen molar-refractivity contribution in [2.75, 3.05) is 0 Å². The van der Waals surface area contributed by atoms with Gasteiger partial charge in [-0.15, -0.1) is 0 Å². The molecule has 0 saturated heterocycles. The lowest BCUT2D eigenvalue weighted by Gasteiger charge is -2.06. The Morgan fingerprint density at radius 3 is 2.80 bits per heavy atom. The molecule has 0 fully saturated rings. The van der Waals surface area contributed by atoms with E-state index < -0.39 is 0 Å². The zero-order valence-electron chi connectivity index (χ0n) is 9.36. The predicted molar refractivity (Wildman–Crippen MR) is 60.6 cm³/mol. The van der Waals surface area contributed by atoms with Gasteiger partial charge in [0, 0.05) is 30.7 Å². The highest BCUT2D eigenvalue weighted by Gasteiger charge is 2.05. The van der Waals surface area contributed by atoms with Gasteiger partial charge in [0.1, 0.15) is 0 Å². The van der Waals surface area contributed by atoms with Crippen LogP contribution >= 0.6 is 0 Å². The van der Waals surface area contributed by atoms with Gasteiger partial charge >= 0.3 is 0 Å². The molecule has 2 rings (SSSR count). The zero-order valence-corrected chi connectivity index (χ0v) is 9.36. The molecular weight excluding hydrogens is 186 g/mol. The van der Waals surface area contributed by atoms with Gasteiger partial charge in [0.25, 0.3) is 0 Å². The Balaban J connectivity index is 2.51. The van der Waals surface area contributed by atoms with Gasteiger partial charge in [-0.25, -0.2) is 0 Å². The molecule has 0 atom stereocenters. The molecule has 0 spiro atoms. The summed E-state index contributed by atoms with van der Waals surface area (Å²) in [4.78, 5) is 4.41. The quantitative estimate of drug-likeness (QED) is 0.746. The van der Waals surface area contributed by atoms with E-state index in [2.05, 4.69) is 23.1 Å². The van der Waals surface area contributed by atoms with E-state index in [-0.39, 0.29) is 0 Å². The van der Waals surface area contributed by atoms with E-state index in [0.29, 0.717) is 0 Å². The molecule has 2 aromatic heterocycles. The standard InChI is InChI=1S/C12H15N3/c1-4-10-7-11(8-13-9(10)2)12-5-6-14-15(12)3/h5-8H,4H2,1-3H3. The van der Waals surface area contributed by atoms with Crippen molar-refractivity contribution in [2.24, 2.45) is 7.05 Å². The first-order valence-electron chi connectivity index (χ1n) is 5.16. The van der Waals surface area contributed by atoms with Crippen LogP contribution in [0.5, 0.6) is 0 Å². The molecule has 0 aliphatic rings. The van der Waals surface area contributed by atoms with E-state index in [0.717, 1.165) is 23.4 Å². The first kappa shape index (κ1) is 9.90. The number of pyridine rings is 1. The van der Waals surface area contributed by atoms with Crippen LogP contribution in [0.4, 0.5) is 0 Å². The molecule has 0 aliphatic carbocycles. The molecule has 15 heavy (non-hydrogen) atoms. The molecule has 0 aromatic carbocycles. The van der Waals surface area contributed by atoms with Crippen molar-refractivity contribution in [3.63, 3.8) is 0 Å². The summed E-state index contributed by atoms with van der Waals surface area (Å²) in [5.41, 5.74) is 4.66. The second-order valence-electron chi connectivity index (χ2n) is 3.66. The van der Waals surface area contributed by atoms with Gasteiger partial charge in [-0.05, 0) is 31.0 Å². The van der Waals surface area contributed by atoms with Gasteiger partial charge in [0.05, 0.1) is 5.69 Å². The minimum absolute atomic E-state index is 1.02. The minimum Gasteiger partial charge on any atom is -0.268 e. The third kappa shape index (κ3) is 1.77. The molecule has 0 radical (unpaired) electrons. The van der Waals surface area contributed by atoms with Crippen LogP contribution in [0.1, 0.15) is 18.2 Å². The van der Waals surface area contributed by atoms with E-state index in [9.17, 15) is 0 Å². The van der Waals surface area contributed by atoms with Crippen LogP contribution in [-0.4, -0.2) is 14.8 Å². The number of rotatable bonds is 2. The molecular formula is C12H15N3. The number of aryl methyl sites for hydroxylation is 3. The topological polar surface area (TPSA) is 30.7 Å². The van der Waals surface area contributed by atoms with E-state index >= 15 is 0 Å². The van der Waals surface area contributed by atoms with Crippen molar-refractivity contribution in [2.45, 2.75) is 20.3 Å². The average molecular weight is 201 g/mol. The third-order valence-electron chi connectivity index (χ3n) is 2.69. The average Bonchev–Trinajstić information content (AvgIpc) is 2.65. The van der Waals surface area contributed by atoms with Gasteiger partial charge in [-0.3, -0.25) is 9.67 Å². The van der Waals surface area contributed by atoms with Crippen LogP contribution in [0.3, 0.4) is 0 Å². The predicted octanol–water partition coefficient (Wildman–Crippen LogP) is 2.35. The molecule has 0 amide bonds. The molecule has 78 valence electrons. The van der Waals surface area contributed by atoms with Crippen LogP contribution < -0.4 is 0 Å². The molecule has 3 nitrogen and oxygen atoms in total. The van der Waals surface area contributed by atoms with Crippen molar-refractivity contribution < 1.29 is 0 Å². The fraction of sp³-hybridized carbons (Fsp3) is 0.333. The summed E-state index contributed by atoms with van der Waals surface area (Å²) in [5, 5.41) is 4.16. The Hall–Kier alpha value is -1.64. The highest BCUT2D eigenvalue weighted by molar-refractivity contribution is 5.59. The van der Waals surface area contributed by atoms with E-state index in [4.69, 9.17) is 0 Å². The van der Waals surface area contributed by atoms with E-state index in [1.54, 1.807) is 6.20 Å². The number of hydrogen-bond donors (Lipinski definition) is 0. The van der Waals surface area contributed by atoms with Gasteiger partial charge in [0.2, 0.25) is 0 Å². The van der Waals surface area contributed by atoms with Crippen LogP contribution in [0, 0.1) is 6.92 Å². The molecule has 0 N–H and O–H groups in total. The maximum Gasteiger partial charge on any atom is 0.0694 e. The number of nitrogens with zero attached hydrogens (tertiary/aromatic N) is 3. The van der Waals surface area contributed by atoms with E-state index in [1.165, 1.54) is 5.56 Å². The van der Waals surface area contributed by atoms with Crippen molar-refractivity contribution in [3.05, 3.63) is 35.8 Å². The van der Waals surface area contributed by atoms with Gasteiger partial charge in [-0.1, -0.05) is 6.92 Å². The highest BCUT2D eigenvalue weighted by atomic mass is 15.3. The second-order valence-corrected chi connectivity index (χ2v) is 3.66. The highest BCUT2D eigenvalue weighted by Crippen LogP contribution is 2.20. The zero-order chi connectivity index (χ0) is 10.8. The second kappa shape index (κ2) is 3.85. The maximum absolute atomic E-state index is 4.41. The summed E-state index contributed by atoms with van der Waals surface area (Å²) in [5.74, 6) is 0. The SMILES string of the molecule is CCc1cc(-c2ccnn2C)cnc1C. The molecule has 0 aliphatic heterocycles. The summed E-state index contributed by atoms with van der Waals surface area (Å²) in [6.07, 6.45) is 4.73. The normalized spacial score (nSPS) is 10.6. The fourth-order valence-electron chi connectivity index (χ4n) is 1.73. The number of aromatic nitrogens is 3. The lowest BCUT2D eigenvalue weighted by Crippen LogP contribution is -1.96. The summed E-state index contributed by atoms with van der Waals surface area (Å²) >= 11 is 0. The fourth-order valence-corrected chi connectivity index (χ4v) is 1.73. The van der Waals surface area contributed by atoms with Gasteiger partial charge < -0.3 is 0 Å². The molecule has 0 saturated carbocycles. The Kier molecular flexibility index (Phi) is 2.54.